The topological polar surface area (TPSA) is 59.2 Å². The monoisotopic (exact) mass is 265 g/mol. The van der Waals surface area contributed by atoms with Crippen LogP contribution in [0.4, 0.5) is 0 Å². The van der Waals surface area contributed by atoms with Crippen molar-refractivity contribution in [3.8, 4) is 0 Å². The number of aromatic nitrogens is 1. The minimum absolute atomic E-state index is 0.0543. The van der Waals surface area contributed by atoms with Gasteiger partial charge in [0.15, 0.2) is 0 Å². The Kier molecular flexibility index (Phi) is 5.22. The second kappa shape index (κ2) is 6.44. The lowest BCUT2D eigenvalue weighted by Crippen LogP contribution is -2.38. The molecule has 1 heterocycles. The lowest BCUT2D eigenvalue weighted by Gasteiger charge is -2.25. The molecule has 0 aromatic carbocycles. The fraction of sp³-hybridized carbons (Fsp3) is 0.462. The van der Waals surface area contributed by atoms with Crippen LogP contribution >= 0.6 is 12.2 Å². The Hall–Kier alpha value is -1.49. The molecule has 1 aromatic rings. The smallest absolute Gasteiger partial charge is 0.272 e. The van der Waals surface area contributed by atoms with Crippen molar-refractivity contribution < 1.29 is 4.79 Å². The minimum atomic E-state index is -0.0543. The number of carbonyl (C=O) groups is 1. The number of rotatable bonds is 5. The summed E-state index contributed by atoms with van der Waals surface area (Å²) in [5, 5.41) is 0. The van der Waals surface area contributed by atoms with Crippen LogP contribution in [-0.4, -0.2) is 33.4 Å². The molecule has 2 N–H and O–H groups in total. The highest BCUT2D eigenvalue weighted by Gasteiger charge is 2.18. The highest BCUT2D eigenvalue weighted by molar-refractivity contribution is 7.80. The molecule has 0 unspecified atom stereocenters. The summed E-state index contributed by atoms with van der Waals surface area (Å²) in [6.07, 6.45) is 2.47. The molecule has 0 spiro atoms. The van der Waals surface area contributed by atoms with E-state index in [0.717, 1.165) is 13.0 Å². The van der Waals surface area contributed by atoms with E-state index >= 15 is 0 Å². The van der Waals surface area contributed by atoms with Gasteiger partial charge in [0.25, 0.3) is 5.91 Å². The number of thiocarbonyl (C=S) groups is 1. The zero-order valence-corrected chi connectivity index (χ0v) is 11.8. The molecule has 18 heavy (non-hydrogen) atoms. The summed E-state index contributed by atoms with van der Waals surface area (Å²) in [6.45, 7) is 6.77. The van der Waals surface area contributed by atoms with Crippen LogP contribution in [0.1, 0.15) is 43.2 Å². The Bertz CT molecular complexity index is 428. The Morgan fingerprint density at radius 1 is 1.50 bits per heavy atom. The predicted molar refractivity (Wildman–Crippen MR) is 76.6 cm³/mol. The molecule has 0 saturated heterocycles. The summed E-state index contributed by atoms with van der Waals surface area (Å²) in [6, 6.07) is 3.56. The molecule has 1 rings (SSSR count). The molecule has 4 nitrogen and oxygen atoms in total. The second-order valence-corrected chi connectivity index (χ2v) is 4.83. The molecule has 0 aliphatic heterocycles. The van der Waals surface area contributed by atoms with Crippen LogP contribution in [0, 0.1) is 0 Å². The molecule has 0 radical (unpaired) electrons. The van der Waals surface area contributed by atoms with Crippen molar-refractivity contribution in [1.29, 1.82) is 0 Å². The standard InChI is InChI=1S/C13H19N3OS/c1-4-7-16(9(2)3)13(17)11-6-5-10(8-15-11)12(14)18/h5-6,8-9H,4,7H2,1-3H3,(H2,14,18). The average molecular weight is 265 g/mol. The van der Waals surface area contributed by atoms with Crippen molar-refractivity contribution in [1.82, 2.24) is 9.88 Å². The first kappa shape index (κ1) is 14.6. The van der Waals surface area contributed by atoms with Gasteiger partial charge in [0.2, 0.25) is 0 Å². The van der Waals surface area contributed by atoms with Crippen molar-refractivity contribution >= 4 is 23.1 Å². The quantitative estimate of drug-likeness (QED) is 0.827. The van der Waals surface area contributed by atoms with Crippen molar-refractivity contribution in [2.75, 3.05) is 6.54 Å². The predicted octanol–water partition coefficient (Wildman–Crippen LogP) is 1.98. The van der Waals surface area contributed by atoms with E-state index in [0.29, 0.717) is 11.3 Å². The Morgan fingerprint density at radius 2 is 2.17 bits per heavy atom. The van der Waals surface area contributed by atoms with Gasteiger partial charge in [0.1, 0.15) is 10.7 Å². The zero-order chi connectivity index (χ0) is 13.7. The average Bonchev–Trinajstić information content (AvgIpc) is 2.35. The van der Waals surface area contributed by atoms with Crippen molar-refractivity contribution in [3.63, 3.8) is 0 Å². The van der Waals surface area contributed by atoms with Gasteiger partial charge in [-0.1, -0.05) is 19.1 Å². The second-order valence-electron chi connectivity index (χ2n) is 4.39. The summed E-state index contributed by atoms with van der Waals surface area (Å²) < 4.78 is 0. The third-order valence-electron chi connectivity index (χ3n) is 2.62. The lowest BCUT2D eigenvalue weighted by atomic mass is 10.2. The zero-order valence-electron chi connectivity index (χ0n) is 11.0. The SMILES string of the molecule is CCCN(C(=O)c1ccc(C(N)=S)cn1)C(C)C. The summed E-state index contributed by atoms with van der Waals surface area (Å²) in [4.78, 5) is 18.5. The molecule has 5 heteroatoms. The fourth-order valence-electron chi connectivity index (χ4n) is 1.65. The molecule has 0 fully saturated rings. The van der Waals surface area contributed by atoms with E-state index in [-0.39, 0.29) is 16.9 Å². The summed E-state index contributed by atoms with van der Waals surface area (Å²) in [5.41, 5.74) is 6.59. The van der Waals surface area contributed by atoms with Gasteiger partial charge in [-0.3, -0.25) is 9.78 Å². The largest absolute Gasteiger partial charge is 0.389 e. The summed E-state index contributed by atoms with van der Waals surface area (Å²) >= 11 is 4.85. The van der Waals surface area contributed by atoms with E-state index in [1.54, 1.807) is 18.3 Å². The molecule has 0 atom stereocenters. The Morgan fingerprint density at radius 3 is 2.56 bits per heavy atom. The maximum atomic E-state index is 12.3. The molecule has 0 aliphatic carbocycles. The van der Waals surface area contributed by atoms with Crippen LogP contribution in [-0.2, 0) is 0 Å². The van der Waals surface area contributed by atoms with Gasteiger partial charge in [0, 0.05) is 24.3 Å². The van der Waals surface area contributed by atoms with Gasteiger partial charge in [-0.15, -0.1) is 0 Å². The first-order chi connectivity index (χ1) is 8.47. The Labute approximate surface area is 113 Å². The third-order valence-corrected chi connectivity index (χ3v) is 2.85. The summed E-state index contributed by atoms with van der Waals surface area (Å²) in [7, 11) is 0. The highest BCUT2D eigenvalue weighted by atomic mass is 32.1. The molecule has 0 aliphatic rings. The minimum Gasteiger partial charge on any atom is -0.389 e. The molecule has 0 saturated carbocycles. The number of nitrogens with two attached hydrogens (primary N) is 1. The van der Waals surface area contributed by atoms with Gasteiger partial charge in [0.05, 0.1) is 0 Å². The van der Waals surface area contributed by atoms with Gasteiger partial charge in [-0.2, -0.15) is 0 Å². The molecular formula is C13H19N3OS. The van der Waals surface area contributed by atoms with Gasteiger partial charge < -0.3 is 10.6 Å². The van der Waals surface area contributed by atoms with E-state index in [1.165, 1.54) is 0 Å². The molecular weight excluding hydrogens is 246 g/mol. The molecule has 0 bridgehead atoms. The number of hydrogen-bond donors (Lipinski definition) is 1. The number of pyridine rings is 1. The van der Waals surface area contributed by atoms with Gasteiger partial charge in [-0.05, 0) is 32.4 Å². The van der Waals surface area contributed by atoms with Crippen LogP contribution in [0.5, 0.6) is 0 Å². The Balaban J connectivity index is 2.91. The normalized spacial score (nSPS) is 10.4. The van der Waals surface area contributed by atoms with Crippen LogP contribution in [0.15, 0.2) is 18.3 Å². The van der Waals surface area contributed by atoms with Crippen LogP contribution in [0.3, 0.4) is 0 Å². The first-order valence-corrected chi connectivity index (χ1v) is 6.45. The number of hydrogen-bond acceptors (Lipinski definition) is 3. The van der Waals surface area contributed by atoms with Crippen LogP contribution in [0.2, 0.25) is 0 Å². The van der Waals surface area contributed by atoms with Gasteiger partial charge >= 0.3 is 0 Å². The van der Waals surface area contributed by atoms with Crippen molar-refractivity contribution in [3.05, 3.63) is 29.6 Å². The molecule has 98 valence electrons. The van der Waals surface area contributed by atoms with Gasteiger partial charge in [-0.25, -0.2) is 0 Å². The van der Waals surface area contributed by atoms with E-state index in [2.05, 4.69) is 4.98 Å². The maximum absolute atomic E-state index is 12.3. The van der Waals surface area contributed by atoms with E-state index in [1.807, 2.05) is 25.7 Å². The first-order valence-electron chi connectivity index (χ1n) is 6.04. The van der Waals surface area contributed by atoms with E-state index in [4.69, 9.17) is 18.0 Å². The highest BCUT2D eigenvalue weighted by Crippen LogP contribution is 2.08. The number of amides is 1. The van der Waals surface area contributed by atoms with Crippen LogP contribution < -0.4 is 5.73 Å². The third kappa shape index (κ3) is 3.50. The maximum Gasteiger partial charge on any atom is 0.272 e. The van der Waals surface area contributed by atoms with E-state index in [9.17, 15) is 4.79 Å². The van der Waals surface area contributed by atoms with E-state index < -0.39 is 0 Å². The molecule has 1 amide bonds. The summed E-state index contributed by atoms with van der Waals surface area (Å²) in [5.74, 6) is -0.0543. The van der Waals surface area contributed by atoms with Crippen molar-refractivity contribution in [2.45, 2.75) is 33.2 Å². The van der Waals surface area contributed by atoms with Crippen molar-refractivity contribution in [2.24, 2.45) is 5.73 Å². The lowest BCUT2D eigenvalue weighted by molar-refractivity contribution is 0.0700. The molecule has 1 aromatic heterocycles. The number of nitrogens with zero attached hydrogens (tertiary/aromatic N) is 2. The number of carbonyl (C=O) groups excluding carboxylic acids is 1. The van der Waals surface area contributed by atoms with Crippen LogP contribution in [0.25, 0.3) is 0 Å². The fourth-order valence-corrected chi connectivity index (χ4v) is 1.77.